The third-order valence-electron chi connectivity index (χ3n) is 4.25. The number of nitrogens with one attached hydrogen (secondary N) is 2. The molecule has 1 aromatic heterocycles. The molecule has 0 amide bonds. The quantitative estimate of drug-likeness (QED) is 0.372. The Morgan fingerprint density at radius 1 is 1.31 bits per heavy atom. The highest BCUT2D eigenvalue weighted by Crippen LogP contribution is 2.25. The summed E-state index contributed by atoms with van der Waals surface area (Å²) in [5, 5.41) is 7.77. The average Bonchev–Trinajstić information content (AvgIpc) is 3.19. The van der Waals surface area contributed by atoms with Crippen LogP contribution in [0.25, 0.3) is 0 Å². The van der Waals surface area contributed by atoms with E-state index in [1.165, 1.54) is 16.0 Å². The molecule has 0 saturated carbocycles. The van der Waals surface area contributed by atoms with Gasteiger partial charge in [-0.25, -0.2) is 9.98 Å². The molecule has 0 saturated heterocycles. The molecule has 5 nitrogen and oxygen atoms in total. The molecule has 1 aliphatic heterocycles. The Morgan fingerprint density at radius 2 is 2.15 bits per heavy atom. The van der Waals surface area contributed by atoms with Gasteiger partial charge in [-0.2, -0.15) is 0 Å². The van der Waals surface area contributed by atoms with E-state index >= 15 is 0 Å². The maximum Gasteiger partial charge on any atom is 0.191 e. The van der Waals surface area contributed by atoms with Gasteiger partial charge in [-0.1, -0.05) is 12.1 Å². The number of fused-ring (bicyclic) bond motifs is 1. The number of thiazole rings is 1. The molecule has 0 spiro atoms. The first-order valence-electron chi connectivity index (χ1n) is 8.85. The molecule has 3 rings (SSSR count). The van der Waals surface area contributed by atoms with E-state index in [-0.39, 0.29) is 24.0 Å². The normalized spacial score (nSPS) is 13.0. The molecule has 0 atom stereocenters. The minimum absolute atomic E-state index is 0. The first kappa shape index (κ1) is 21.0. The largest absolute Gasteiger partial charge is 0.493 e. The molecular weight excluding hydrogens is 459 g/mol. The Kier molecular flexibility index (Phi) is 8.15. The lowest BCUT2D eigenvalue weighted by Crippen LogP contribution is -2.38. The third-order valence-corrected chi connectivity index (χ3v) is 5.31. The fraction of sp³-hybridized carbons (Fsp3) is 0.474. The van der Waals surface area contributed by atoms with Crippen LogP contribution < -0.4 is 15.4 Å². The molecule has 1 aliphatic rings. The maximum absolute atomic E-state index is 5.56. The van der Waals surface area contributed by atoms with Crippen LogP contribution in [0.3, 0.4) is 0 Å². The van der Waals surface area contributed by atoms with E-state index in [0.717, 1.165) is 54.9 Å². The van der Waals surface area contributed by atoms with E-state index < -0.39 is 0 Å². The summed E-state index contributed by atoms with van der Waals surface area (Å²) in [6, 6.07) is 6.50. The lowest BCUT2D eigenvalue weighted by molar-refractivity contribution is 0.357. The molecule has 2 N–H and O–H groups in total. The van der Waals surface area contributed by atoms with Crippen molar-refractivity contribution in [1.29, 1.82) is 0 Å². The number of hydrogen-bond acceptors (Lipinski definition) is 4. The number of benzene rings is 1. The number of aliphatic imine (C=N–C) groups is 1. The minimum Gasteiger partial charge on any atom is -0.493 e. The van der Waals surface area contributed by atoms with Gasteiger partial charge in [-0.3, -0.25) is 0 Å². The van der Waals surface area contributed by atoms with Crippen LogP contribution in [0.4, 0.5) is 0 Å². The van der Waals surface area contributed by atoms with E-state index in [4.69, 9.17) is 4.74 Å². The summed E-state index contributed by atoms with van der Waals surface area (Å²) in [5.41, 5.74) is 3.76. The molecule has 0 radical (unpaired) electrons. The zero-order valence-corrected chi connectivity index (χ0v) is 18.7. The van der Waals surface area contributed by atoms with Crippen LogP contribution in [0.15, 0.2) is 23.2 Å². The Morgan fingerprint density at radius 3 is 2.88 bits per heavy atom. The van der Waals surface area contributed by atoms with Gasteiger partial charge in [0, 0.05) is 24.4 Å². The molecule has 1 aromatic carbocycles. The molecule has 0 unspecified atom stereocenters. The number of aromatic nitrogens is 1. The Labute approximate surface area is 176 Å². The lowest BCUT2D eigenvalue weighted by atomic mass is 10.1. The SMILES string of the molecule is CCNC(=NCc1nc(C)c(C)s1)NCCc1ccc2c(c1)CCO2.I. The molecule has 7 heteroatoms. The van der Waals surface area contributed by atoms with Gasteiger partial charge in [0.15, 0.2) is 5.96 Å². The van der Waals surface area contributed by atoms with Crippen molar-refractivity contribution >= 4 is 41.3 Å². The number of ether oxygens (including phenoxy) is 1. The molecule has 0 aliphatic carbocycles. The zero-order valence-electron chi connectivity index (χ0n) is 15.6. The number of rotatable bonds is 6. The van der Waals surface area contributed by atoms with Crippen LogP contribution in [-0.2, 0) is 19.4 Å². The van der Waals surface area contributed by atoms with Gasteiger partial charge in [-0.05, 0) is 44.4 Å². The number of hydrogen-bond donors (Lipinski definition) is 2. The Balaban J connectivity index is 0.00000243. The van der Waals surface area contributed by atoms with Crippen molar-refractivity contribution in [3.8, 4) is 5.75 Å². The van der Waals surface area contributed by atoms with Crippen molar-refractivity contribution < 1.29 is 4.74 Å². The van der Waals surface area contributed by atoms with Gasteiger partial charge >= 0.3 is 0 Å². The van der Waals surface area contributed by atoms with Crippen LogP contribution in [0.1, 0.15) is 33.6 Å². The van der Waals surface area contributed by atoms with Crippen molar-refractivity contribution in [1.82, 2.24) is 15.6 Å². The summed E-state index contributed by atoms with van der Waals surface area (Å²) in [6.07, 6.45) is 1.99. The fourth-order valence-electron chi connectivity index (χ4n) is 2.82. The monoisotopic (exact) mass is 486 g/mol. The van der Waals surface area contributed by atoms with E-state index in [1.807, 2.05) is 6.92 Å². The van der Waals surface area contributed by atoms with Gasteiger partial charge in [0.05, 0.1) is 18.8 Å². The predicted octanol–water partition coefficient (Wildman–Crippen LogP) is 3.61. The molecule has 142 valence electrons. The predicted molar refractivity (Wildman–Crippen MR) is 119 cm³/mol. The summed E-state index contributed by atoms with van der Waals surface area (Å²) < 4.78 is 5.56. The first-order valence-corrected chi connectivity index (χ1v) is 9.67. The highest BCUT2D eigenvalue weighted by atomic mass is 127. The minimum atomic E-state index is 0. The molecule has 2 heterocycles. The van der Waals surface area contributed by atoms with Crippen molar-refractivity contribution in [2.45, 2.75) is 40.2 Å². The number of nitrogens with zero attached hydrogens (tertiary/aromatic N) is 2. The standard InChI is InChI=1S/C19H26N4OS.HI/c1-4-20-19(22-12-18-23-13(2)14(3)25-18)21-9-7-15-5-6-17-16(11-15)8-10-24-17;/h5-6,11H,4,7-10,12H2,1-3H3,(H2,20,21,22);1H. The summed E-state index contributed by atoms with van der Waals surface area (Å²) >= 11 is 1.72. The fourth-order valence-corrected chi connectivity index (χ4v) is 3.67. The highest BCUT2D eigenvalue weighted by molar-refractivity contribution is 14.0. The van der Waals surface area contributed by atoms with E-state index in [1.54, 1.807) is 11.3 Å². The first-order chi connectivity index (χ1) is 12.2. The van der Waals surface area contributed by atoms with Crippen LogP contribution in [0, 0.1) is 13.8 Å². The molecule has 2 aromatic rings. The topological polar surface area (TPSA) is 58.5 Å². The summed E-state index contributed by atoms with van der Waals surface area (Å²) in [6.45, 7) is 9.35. The summed E-state index contributed by atoms with van der Waals surface area (Å²) in [5.74, 6) is 1.89. The van der Waals surface area contributed by atoms with Crippen molar-refractivity contribution in [3.05, 3.63) is 44.9 Å². The smallest absolute Gasteiger partial charge is 0.191 e. The second-order valence-corrected chi connectivity index (χ2v) is 7.45. The Hall–Kier alpha value is -1.35. The highest BCUT2D eigenvalue weighted by Gasteiger charge is 2.11. The summed E-state index contributed by atoms with van der Waals surface area (Å²) in [7, 11) is 0. The van der Waals surface area contributed by atoms with Gasteiger partial charge in [-0.15, -0.1) is 35.3 Å². The van der Waals surface area contributed by atoms with E-state index in [2.05, 4.69) is 52.7 Å². The third kappa shape index (κ3) is 5.57. The van der Waals surface area contributed by atoms with E-state index in [0.29, 0.717) is 6.54 Å². The molecule has 26 heavy (non-hydrogen) atoms. The lowest BCUT2D eigenvalue weighted by Gasteiger charge is -2.11. The van der Waals surface area contributed by atoms with Gasteiger partial charge in [0.25, 0.3) is 0 Å². The van der Waals surface area contributed by atoms with Gasteiger partial charge in [0.1, 0.15) is 10.8 Å². The number of aryl methyl sites for hydroxylation is 2. The van der Waals surface area contributed by atoms with Crippen LogP contribution in [-0.4, -0.2) is 30.6 Å². The van der Waals surface area contributed by atoms with Crippen molar-refractivity contribution in [2.24, 2.45) is 4.99 Å². The second-order valence-electron chi connectivity index (χ2n) is 6.16. The number of halogens is 1. The Bertz CT molecular complexity index is 740. The average molecular weight is 486 g/mol. The van der Waals surface area contributed by atoms with Crippen LogP contribution in [0.5, 0.6) is 5.75 Å². The summed E-state index contributed by atoms with van der Waals surface area (Å²) in [4.78, 5) is 10.5. The zero-order chi connectivity index (χ0) is 17.6. The van der Waals surface area contributed by atoms with E-state index in [9.17, 15) is 0 Å². The van der Waals surface area contributed by atoms with Crippen molar-refractivity contribution in [3.63, 3.8) is 0 Å². The molecular formula is C19H27IN4OS. The molecule has 0 fully saturated rings. The van der Waals surface area contributed by atoms with Gasteiger partial charge in [0.2, 0.25) is 0 Å². The van der Waals surface area contributed by atoms with Gasteiger partial charge < -0.3 is 15.4 Å². The van der Waals surface area contributed by atoms with Crippen LogP contribution in [0.2, 0.25) is 0 Å². The van der Waals surface area contributed by atoms with Crippen molar-refractivity contribution in [2.75, 3.05) is 19.7 Å². The molecule has 0 bridgehead atoms. The second kappa shape index (κ2) is 10.1. The van der Waals surface area contributed by atoms with Crippen LogP contribution >= 0.6 is 35.3 Å². The number of guanidine groups is 1. The maximum atomic E-state index is 5.56.